The van der Waals surface area contributed by atoms with E-state index in [-0.39, 0.29) is 5.91 Å². The molecule has 0 bridgehead atoms. The summed E-state index contributed by atoms with van der Waals surface area (Å²) in [6.07, 6.45) is 2.12. The summed E-state index contributed by atoms with van der Waals surface area (Å²) in [5, 5.41) is 7.85. The number of aromatic nitrogens is 2. The van der Waals surface area contributed by atoms with E-state index in [9.17, 15) is 4.79 Å². The predicted octanol–water partition coefficient (Wildman–Crippen LogP) is 5.36. The Morgan fingerprint density at radius 2 is 1.90 bits per heavy atom. The van der Waals surface area contributed by atoms with Gasteiger partial charge in [-0.3, -0.25) is 4.79 Å². The lowest BCUT2D eigenvalue weighted by Crippen LogP contribution is -2.16. The van der Waals surface area contributed by atoms with Crippen molar-refractivity contribution < 1.29 is 9.53 Å². The Hall–Kier alpha value is -2.73. The molecule has 2 heterocycles. The Labute approximate surface area is 175 Å². The van der Waals surface area contributed by atoms with E-state index in [0.717, 1.165) is 52.9 Å². The average Bonchev–Trinajstić information content (AvgIpc) is 3.32. The highest BCUT2D eigenvalue weighted by Crippen LogP contribution is 2.36. The van der Waals surface area contributed by atoms with Crippen molar-refractivity contribution in [3.05, 3.63) is 70.9 Å². The monoisotopic (exact) mass is 407 g/mol. The molecule has 150 valence electrons. The molecule has 3 aromatic rings. The number of fused-ring (bicyclic) bond motifs is 1. The van der Waals surface area contributed by atoms with Crippen LogP contribution in [0, 0.1) is 6.92 Å². The van der Waals surface area contributed by atoms with E-state index >= 15 is 0 Å². The number of nitrogens with zero attached hydrogens (tertiary/aromatic N) is 2. The van der Waals surface area contributed by atoms with Crippen LogP contribution in [0.3, 0.4) is 0 Å². The largest absolute Gasteiger partial charge is 0.494 e. The zero-order valence-electron chi connectivity index (χ0n) is 16.8. The zero-order chi connectivity index (χ0) is 20.2. The van der Waals surface area contributed by atoms with E-state index in [4.69, 9.17) is 9.84 Å². The van der Waals surface area contributed by atoms with Crippen molar-refractivity contribution >= 4 is 23.5 Å². The molecule has 1 aliphatic heterocycles. The number of hydrogen-bond acceptors (Lipinski definition) is 4. The van der Waals surface area contributed by atoms with Crippen LogP contribution in [0.2, 0.25) is 0 Å². The molecular formula is C23H25N3O2S. The third-order valence-electron chi connectivity index (χ3n) is 4.95. The van der Waals surface area contributed by atoms with Gasteiger partial charge in [-0.1, -0.05) is 31.0 Å². The standard InChI is InChI=1S/C23H25N3O2S/c1-3-4-13-28-19-11-7-17(8-12-19)23(27)24-22-20-14-29-15-21(20)25-26(22)18-9-5-16(2)6-10-18/h5-12H,3-4,13-15H2,1-2H3,(H,24,27). The van der Waals surface area contributed by atoms with E-state index in [1.165, 1.54) is 5.56 Å². The summed E-state index contributed by atoms with van der Waals surface area (Å²) in [4.78, 5) is 12.9. The van der Waals surface area contributed by atoms with E-state index in [1.807, 2.05) is 40.7 Å². The van der Waals surface area contributed by atoms with E-state index in [1.54, 1.807) is 12.1 Å². The van der Waals surface area contributed by atoms with Gasteiger partial charge in [0.15, 0.2) is 0 Å². The maximum Gasteiger partial charge on any atom is 0.256 e. The quantitative estimate of drug-likeness (QED) is 0.536. The van der Waals surface area contributed by atoms with Gasteiger partial charge in [0.05, 0.1) is 18.0 Å². The van der Waals surface area contributed by atoms with E-state index in [0.29, 0.717) is 12.2 Å². The fourth-order valence-electron chi connectivity index (χ4n) is 3.23. The highest BCUT2D eigenvalue weighted by molar-refractivity contribution is 7.98. The van der Waals surface area contributed by atoms with Gasteiger partial charge in [-0.15, -0.1) is 0 Å². The maximum atomic E-state index is 12.9. The molecule has 0 saturated carbocycles. The number of thioether (sulfide) groups is 1. The summed E-state index contributed by atoms with van der Waals surface area (Å²) in [5.74, 6) is 3.15. The van der Waals surface area contributed by atoms with E-state index < -0.39 is 0 Å². The number of amides is 1. The van der Waals surface area contributed by atoms with Crippen molar-refractivity contribution in [1.82, 2.24) is 9.78 Å². The first-order valence-corrected chi connectivity index (χ1v) is 11.1. The number of anilines is 1. The van der Waals surface area contributed by atoms with Crippen molar-refractivity contribution in [1.29, 1.82) is 0 Å². The lowest BCUT2D eigenvalue weighted by molar-refractivity contribution is 0.102. The van der Waals surface area contributed by atoms with Gasteiger partial charge in [0.25, 0.3) is 5.91 Å². The number of nitrogens with one attached hydrogen (secondary N) is 1. The van der Waals surface area contributed by atoms with Crippen molar-refractivity contribution in [2.45, 2.75) is 38.2 Å². The van der Waals surface area contributed by atoms with Crippen LogP contribution >= 0.6 is 11.8 Å². The summed E-state index contributed by atoms with van der Waals surface area (Å²) < 4.78 is 7.54. The molecule has 0 saturated heterocycles. The fourth-order valence-corrected chi connectivity index (χ4v) is 4.27. The number of carbonyl (C=O) groups excluding carboxylic acids is 1. The molecule has 1 N–H and O–H groups in total. The Bertz CT molecular complexity index is 994. The second-order valence-electron chi connectivity index (χ2n) is 7.19. The Balaban J connectivity index is 1.56. The number of rotatable bonds is 7. The molecule has 0 atom stereocenters. The Kier molecular flexibility index (Phi) is 5.90. The molecular weight excluding hydrogens is 382 g/mol. The summed E-state index contributed by atoms with van der Waals surface area (Å²) in [6, 6.07) is 15.5. The third-order valence-corrected chi connectivity index (χ3v) is 5.92. The topological polar surface area (TPSA) is 56.1 Å². The number of aryl methyl sites for hydroxylation is 1. The smallest absolute Gasteiger partial charge is 0.256 e. The molecule has 0 fully saturated rings. The predicted molar refractivity (Wildman–Crippen MR) is 118 cm³/mol. The third kappa shape index (κ3) is 4.32. The molecule has 0 aliphatic carbocycles. The second-order valence-corrected chi connectivity index (χ2v) is 8.18. The van der Waals surface area contributed by atoms with Crippen LogP contribution in [0.1, 0.15) is 46.9 Å². The normalized spacial score (nSPS) is 12.6. The van der Waals surface area contributed by atoms with Crippen LogP contribution in [-0.2, 0) is 11.5 Å². The minimum absolute atomic E-state index is 0.141. The Morgan fingerprint density at radius 3 is 2.62 bits per heavy atom. The molecule has 1 amide bonds. The van der Waals surface area contributed by atoms with Crippen molar-refractivity contribution in [3.63, 3.8) is 0 Å². The lowest BCUT2D eigenvalue weighted by atomic mass is 10.2. The van der Waals surface area contributed by atoms with Crippen molar-refractivity contribution in [2.24, 2.45) is 0 Å². The Morgan fingerprint density at radius 1 is 1.14 bits per heavy atom. The van der Waals surface area contributed by atoms with Crippen LogP contribution in [-0.4, -0.2) is 22.3 Å². The van der Waals surface area contributed by atoms with Gasteiger partial charge >= 0.3 is 0 Å². The van der Waals surface area contributed by atoms with Gasteiger partial charge in [0, 0.05) is 22.6 Å². The van der Waals surface area contributed by atoms with Crippen LogP contribution in [0.5, 0.6) is 5.75 Å². The van der Waals surface area contributed by atoms with Gasteiger partial charge in [-0.25, -0.2) is 4.68 Å². The molecule has 1 aromatic heterocycles. The average molecular weight is 408 g/mol. The number of unbranched alkanes of at least 4 members (excludes halogenated alkanes) is 1. The van der Waals surface area contributed by atoms with Gasteiger partial charge in [0.2, 0.25) is 0 Å². The number of carbonyl (C=O) groups is 1. The van der Waals surface area contributed by atoms with Crippen LogP contribution in [0.4, 0.5) is 5.82 Å². The molecule has 6 heteroatoms. The highest BCUT2D eigenvalue weighted by Gasteiger charge is 2.25. The summed E-state index contributed by atoms with van der Waals surface area (Å²) in [7, 11) is 0. The molecule has 4 rings (SSSR count). The SMILES string of the molecule is CCCCOc1ccc(C(=O)Nc2c3c(nn2-c2ccc(C)cc2)CSC3)cc1. The minimum atomic E-state index is -0.141. The maximum absolute atomic E-state index is 12.9. The molecule has 5 nitrogen and oxygen atoms in total. The minimum Gasteiger partial charge on any atom is -0.494 e. The highest BCUT2D eigenvalue weighted by atomic mass is 32.2. The van der Waals surface area contributed by atoms with Gasteiger partial charge < -0.3 is 10.1 Å². The fraction of sp³-hybridized carbons (Fsp3) is 0.304. The summed E-state index contributed by atoms with van der Waals surface area (Å²) in [5.41, 5.74) is 4.90. The molecule has 2 aromatic carbocycles. The molecule has 0 radical (unpaired) electrons. The number of ether oxygens (including phenoxy) is 1. The lowest BCUT2D eigenvalue weighted by Gasteiger charge is -2.12. The van der Waals surface area contributed by atoms with Gasteiger partial charge in [0.1, 0.15) is 11.6 Å². The zero-order valence-corrected chi connectivity index (χ0v) is 17.6. The van der Waals surface area contributed by atoms with Crippen LogP contribution in [0.25, 0.3) is 5.69 Å². The first-order valence-electron chi connectivity index (χ1n) is 9.95. The first kappa shape index (κ1) is 19.6. The number of hydrogen-bond donors (Lipinski definition) is 1. The van der Waals surface area contributed by atoms with Crippen LogP contribution < -0.4 is 10.1 Å². The first-order chi connectivity index (χ1) is 14.2. The summed E-state index contributed by atoms with van der Waals surface area (Å²) >= 11 is 1.82. The molecule has 0 unspecified atom stereocenters. The molecule has 29 heavy (non-hydrogen) atoms. The second kappa shape index (κ2) is 8.74. The van der Waals surface area contributed by atoms with E-state index in [2.05, 4.69) is 31.3 Å². The van der Waals surface area contributed by atoms with Gasteiger partial charge in [-0.05, 0) is 49.7 Å². The van der Waals surface area contributed by atoms with Crippen molar-refractivity contribution in [3.8, 4) is 11.4 Å². The number of benzene rings is 2. The van der Waals surface area contributed by atoms with Gasteiger partial charge in [-0.2, -0.15) is 16.9 Å². The molecule has 0 spiro atoms. The summed E-state index contributed by atoms with van der Waals surface area (Å²) in [6.45, 7) is 4.89. The molecule has 1 aliphatic rings. The van der Waals surface area contributed by atoms with Crippen molar-refractivity contribution in [2.75, 3.05) is 11.9 Å². The van der Waals surface area contributed by atoms with Crippen LogP contribution in [0.15, 0.2) is 48.5 Å².